The van der Waals surface area contributed by atoms with Crippen LogP contribution in [0.25, 0.3) is 0 Å². The molecule has 0 saturated heterocycles. The molecule has 1 aliphatic carbocycles. The Morgan fingerprint density at radius 3 is 2.33 bits per heavy atom. The van der Waals surface area contributed by atoms with Gasteiger partial charge in [-0.2, -0.15) is 0 Å². The molecule has 0 aromatic heterocycles. The van der Waals surface area contributed by atoms with Crippen LogP contribution >= 0.6 is 0 Å². The van der Waals surface area contributed by atoms with Gasteiger partial charge in [-0.1, -0.05) is 6.42 Å². The van der Waals surface area contributed by atoms with E-state index in [1.165, 1.54) is 12.1 Å². The summed E-state index contributed by atoms with van der Waals surface area (Å²) in [5.74, 6) is -0.929. The molecule has 2 unspecified atom stereocenters. The van der Waals surface area contributed by atoms with E-state index < -0.39 is 11.6 Å². The Kier molecular flexibility index (Phi) is 3.00. The second kappa shape index (κ2) is 4.27. The maximum atomic E-state index is 12.9. The molecule has 82 valence electrons. The lowest BCUT2D eigenvalue weighted by Gasteiger charge is -2.14. The maximum Gasteiger partial charge on any atom is 0.126 e. The summed E-state index contributed by atoms with van der Waals surface area (Å²) in [5, 5.41) is 9.60. The Balaban J connectivity index is 2.10. The summed E-state index contributed by atoms with van der Waals surface area (Å²) in [7, 11) is 0. The topological polar surface area (TPSA) is 20.2 Å². The van der Waals surface area contributed by atoms with Crippen molar-refractivity contribution in [2.45, 2.75) is 31.8 Å². The van der Waals surface area contributed by atoms with Crippen LogP contribution in [0.15, 0.2) is 18.2 Å². The zero-order valence-corrected chi connectivity index (χ0v) is 8.42. The predicted molar refractivity (Wildman–Crippen MR) is 53.4 cm³/mol. The fraction of sp³-hybridized carbons (Fsp3) is 0.500. The first kappa shape index (κ1) is 10.6. The summed E-state index contributed by atoms with van der Waals surface area (Å²) in [6.07, 6.45) is 3.01. The number of aliphatic hydroxyl groups excluding tert-OH is 1. The summed E-state index contributed by atoms with van der Waals surface area (Å²) in [4.78, 5) is 0. The number of rotatable bonds is 2. The molecule has 2 rings (SSSR count). The number of aliphatic hydroxyl groups is 1. The van der Waals surface area contributed by atoms with E-state index in [1.807, 2.05) is 0 Å². The van der Waals surface area contributed by atoms with Crippen molar-refractivity contribution in [1.29, 1.82) is 0 Å². The van der Waals surface area contributed by atoms with Crippen molar-refractivity contribution in [1.82, 2.24) is 0 Å². The van der Waals surface area contributed by atoms with Crippen LogP contribution in [0.1, 0.15) is 24.8 Å². The van der Waals surface area contributed by atoms with Crippen LogP contribution in [0.4, 0.5) is 8.78 Å². The Labute approximate surface area is 87.7 Å². The molecule has 1 aromatic rings. The van der Waals surface area contributed by atoms with E-state index in [-0.39, 0.29) is 12.0 Å². The molecule has 0 bridgehead atoms. The van der Waals surface area contributed by atoms with Gasteiger partial charge in [-0.15, -0.1) is 0 Å². The van der Waals surface area contributed by atoms with E-state index in [9.17, 15) is 13.9 Å². The third-order valence-corrected chi connectivity index (χ3v) is 3.04. The fourth-order valence-corrected chi connectivity index (χ4v) is 2.29. The molecule has 0 radical (unpaired) electrons. The summed E-state index contributed by atoms with van der Waals surface area (Å²) >= 11 is 0. The van der Waals surface area contributed by atoms with Gasteiger partial charge in [0.2, 0.25) is 0 Å². The van der Waals surface area contributed by atoms with Crippen molar-refractivity contribution in [2.24, 2.45) is 5.92 Å². The van der Waals surface area contributed by atoms with Gasteiger partial charge in [-0.05, 0) is 42.9 Å². The summed E-state index contributed by atoms with van der Waals surface area (Å²) in [6, 6.07) is 3.55. The molecule has 1 fully saturated rings. The lowest BCUT2D eigenvalue weighted by atomic mass is 9.96. The molecule has 1 aromatic carbocycles. The van der Waals surface area contributed by atoms with E-state index in [0.29, 0.717) is 12.0 Å². The molecular formula is C12H14F2O. The Morgan fingerprint density at radius 1 is 1.13 bits per heavy atom. The van der Waals surface area contributed by atoms with Crippen molar-refractivity contribution in [3.05, 3.63) is 35.4 Å². The van der Waals surface area contributed by atoms with E-state index in [1.54, 1.807) is 0 Å². The second-order valence-electron chi connectivity index (χ2n) is 4.24. The minimum atomic E-state index is -0.544. The van der Waals surface area contributed by atoms with Gasteiger partial charge in [0.05, 0.1) is 6.10 Å². The van der Waals surface area contributed by atoms with Crippen LogP contribution in [0.2, 0.25) is 0 Å². The molecule has 3 heteroatoms. The maximum absolute atomic E-state index is 12.9. The van der Waals surface area contributed by atoms with Gasteiger partial charge in [0.25, 0.3) is 0 Å². The predicted octanol–water partition coefficient (Wildman–Crippen LogP) is 2.67. The number of benzene rings is 1. The third-order valence-electron chi connectivity index (χ3n) is 3.04. The van der Waals surface area contributed by atoms with Crippen LogP contribution in [-0.2, 0) is 6.42 Å². The van der Waals surface area contributed by atoms with Crippen molar-refractivity contribution >= 4 is 0 Å². The van der Waals surface area contributed by atoms with Crippen molar-refractivity contribution in [3.63, 3.8) is 0 Å². The average Bonchev–Trinajstić information content (AvgIpc) is 2.50. The molecule has 1 nitrogen and oxygen atoms in total. The molecule has 0 amide bonds. The highest BCUT2D eigenvalue weighted by atomic mass is 19.1. The zero-order valence-electron chi connectivity index (χ0n) is 8.42. The normalized spacial score (nSPS) is 25.8. The van der Waals surface area contributed by atoms with Gasteiger partial charge in [0, 0.05) is 6.07 Å². The average molecular weight is 212 g/mol. The SMILES string of the molecule is OC1CCCC1Cc1cc(F)cc(F)c1. The van der Waals surface area contributed by atoms with Gasteiger partial charge in [-0.25, -0.2) is 8.78 Å². The van der Waals surface area contributed by atoms with Crippen LogP contribution in [-0.4, -0.2) is 11.2 Å². The van der Waals surface area contributed by atoms with Gasteiger partial charge in [0.15, 0.2) is 0 Å². The van der Waals surface area contributed by atoms with Crippen LogP contribution in [0.5, 0.6) is 0 Å². The van der Waals surface area contributed by atoms with Gasteiger partial charge >= 0.3 is 0 Å². The smallest absolute Gasteiger partial charge is 0.126 e. The minimum Gasteiger partial charge on any atom is -0.393 e. The second-order valence-corrected chi connectivity index (χ2v) is 4.24. The minimum absolute atomic E-state index is 0.159. The highest BCUT2D eigenvalue weighted by Gasteiger charge is 2.25. The Bertz CT molecular complexity index is 331. The third kappa shape index (κ3) is 2.53. The highest BCUT2D eigenvalue weighted by molar-refractivity contribution is 5.18. The first-order valence-corrected chi connectivity index (χ1v) is 5.28. The largest absolute Gasteiger partial charge is 0.393 e. The van der Waals surface area contributed by atoms with Crippen LogP contribution in [0.3, 0.4) is 0 Å². The molecular weight excluding hydrogens is 198 g/mol. The molecule has 1 saturated carbocycles. The number of hydrogen-bond donors (Lipinski definition) is 1. The Morgan fingerprint density at radius 2 is 1.80 bits per heavy atom. The van der Waals surface area contributed by atoms with Crippen molar-refractivity contribution < 1.29 is 13.9 Å². The standard InChI is InChI=1S/C12H14F2O/c13-10-5-8(6-11(14)7-10)4-9-2-1-3-12(9)15/h5-7,9,12,15H,1-4H2. The van der Waals surface area contributed by atoms with Crippen molar-refractivity contribution in [2.75, 3.05) is 0 Å². The van der Waals surface area contributed by atoms with Gasteiger partial charge in [0.1, 0.15) is 11.6 Å². The first-order chi connectivity index (χ1) is 7.15. The quantitative estimate of drug-likeness (QED) is 0.799. The van der Waals surface area contributed by atoms with Crippen LogP contribution < -0.4 is 0 Å². The summed E-state index contributed by atoms with van der Waals surface area (Å²) in [6.45, 7) is 0. The monoisotopic (exact) mass is 212 g/mol. The van der Waals surface area contributed by atoms with E-state index >= 15 is 0 Å². The molecule has 0 heterocycles. The van der Waals surface area contributed by atoms with Gasteiger partial charge < -0.3 is 5.11 Å². The molecule has 0 aliphatic heterocycles. The lowest BCUT2D eigenvalue weighted by Crippen LogP contribution is -2.15. The van der Waals surface area contributed by atoms with Crippen LogP contribution in [0, 0.1) is 17.6 Å². The van der Waals surface area contributed by atoms with E-state index in [2.05, 4.69) is 0 Å². The van der Waals surface area contributed by atoms with Gasteiger partial charge in [-0.3, -0.25) is 0 Å². The molecule has 1 aliphatic rings. The number of halogens is 2. The molecule has 15 heavy (non-hydrogen) atoms. The molecule has 0 spiro atoms. The van der Waals surface area contributed by atoms with E-state index in [0.717, 1.165) is 25.3 Å². The molecule has 1 N–H and O–H groups in total. The first-order valence-electron chi connectivity index (χ1n) is 5.28. The Hall–Kier alpha value is -0.960. The lowest BCUT2D eigenvalue weighted by molar-refractivity contribution is 0.132. The zero-order chi connectivity index (χ0) is 10.8. The number of hydrogen-bond acceptors (Lipinski definition) is 1. The fourth-order valence-electron chi connectivity index (χ4n) is 2.29. The highest BCUT2D eigenvalue weighted by Crippen LogP contribution is 2.28. The van der Waals surface area contributed by atoms with E-state index in [4.69, 9.17) is 0 Å². The molecule has 2 atom stereocenters. The summed E-state index contributed by atoms with van der Waals surface area (Å²) in [5.41, 5.74) is 0.637. The van der Waals surface area contributed by atoms with Crippen molar-refractivity contribution in [3.8, 4) is 0 Å². The summed E-state index contributed by atoms with van der Waals surface area (Å²) < 4.78 is 25.8.